The zero-order valence-corrected chi connectivity index (χ0v) is 19.2. The highest BCUT2D eigenvalue weighted by molar-refractivity contribution is 5.95. The van der Waals surface area contributed by atoms with Crippen molar-refractivity contribution in [2.75, 3.05) is 13.2 Å². The number of benzene rings is 2. The molecule has 0 bridgehead atoms. The van der Waals surface area contributed by atoms with Crippen molar-refractivity contribution in [3.63, 3.8) is 0 Å². The molecule has 5 aromatic rings. The van der Waals surface area contributed by atoms with Gasteiger partial charge in [-0.1, -0.05) is 24.3 Å². The van der Waals surface area contributed by atoms with Gasteiger partial charge in [-0.3, -0.25) is 4.79 Å². The average molecular weight is 479 g/mol. The lowest BCUT2D eigenvalue weighted by atomic mass is 10.00. The first-order chi connectivity index (χ1) is 17.7. The topological polar surface area (TPSA) is 98.7 Å². The van der Waals surface area contributed by atoms with Crippen LogP contribution in [-0.4, -0.2) is 39.9 Å². The molecule has 0 radical (unpaired) electrons. The van der Waals surface area contributed by atoms with Crippen LogP contribution in [0.3, 0.4) is 0 Å². The summed E-state index contributed by atoms with van der Waals surface area (Å²) in [5.74, 6) is 0.261. The lowest BCUT2D eigenvalue weighted by molar-refractivity contribution is -0.135. The van der Waals surface area contributed by atoms with Gasteiger partial charge in [-0.25, -0.2) is 14.8 Å². The molecule has 0 atom stereocenters. The summed E-state index contributed by atoms with van der Waals surface area (Å²) in [6, 6.07) is 20.1. The van der Waals surface area contributed by atoms with Crippen molar-refractivity contribution in [1.29, 1.82) is 0 Å². The summed E-state index contributed by atoms with van der Waals surface area (Å²) in [5, 5.41) is 0. The first-order valence-electron chi connectivity index (χ1n) is 11.6. The monoisotopic (exact) mass is 479 g/mol. The normalized spacial score (nSPS) is 12.9. The van der Waals surface area contributed by atoms with E-state index >= 15 is 0 Å². The Balaban J connectivity index is 1.21. The molecule has 6 rings (SSSR count). The van der Waals surface area contributed by atoms with Gasteiger partial charge in [0.1, 0.15) is 11.4 Å². The molecule has 4 heterocycles. The molecule has 0 spiro atoms. The largest absolute Gasteiger partial charge is 0.463 e. The van der Waals surface area contributed by atoms with Crippen LogP contribution in [0.2, 0.25) is 0 Å². The lowest BCUT2D eigenvalue weighted by Crippen LogP contribution is -2.38. The third kappa shape index (κ3) is 4.13. The van der Waals surface area contributed by atoms with Crippen molar-refractivity contribution in [2.24, 2.45) is 0 Å². The molecule has 1 aliphatic rings. The second-order valence-electron chi connectivity index (χ2n) is 8.49. The van der Waals surface area contributed by atoms with E-state index in [1.807, 2.05) is 18.2 Å². The Morgan fingerprint density at radius 3 is 2.22 bits per heavy atom. The maximum atomic E-state index is 12.8. The molecular weight excluding hydrogens is 458 g/mol. The van der Waals surface area contributed by atoms with E-state index in [0.717, 1.165) is 12.0 Å². The molecule has 2 aromatic carbocycles. The minimum atomic E-state index is -0.598. The Kier molecular flexibility index (Phi) is 5.53. The van der Waals surface area contributed by atoms with Crippen molar-refractivity contribution >= 4 is 22.9 Å². The highest BCUT2D eigenvalue weighted by Gasteiger charge is 2.22. The van der Waals surface area contributed by atoms with Crippen LogP contribution in [-0.2, 0) is 22.5 Å². The Morgan fingerprint density at radius 1 is 0.833 bits per heavy atom. The van der Waals surface area contributed by atoms with E-state index in [1.54, 1.807) is 59.9 Å². The number of nitrogens with zero attached hydrogens (tertiary/aromatic N) is 3. The predicted octanol–water partition coefficient (Wildman–Crippen LogP) is 4.89. The average Bonchev–Trinajstić information content (AvgIpc) is 3.65. The fourth-order valence-electron chi connectivity index (χ4n) is 4.36. The number of furan rings is 2. The molecule has 0 saturated carbocycles. The van der Waals surface area contributed by atoms with Crippen LogP contribution in [0.5, 0.6) is 0 Å². The van der Waals surface area contributed by atoms with Crippen LogP contribution in [0.1, 0.15) is 21.5 Å². The third-order valence-electron chi connectivity index (χ3n) is 6.22. The van der Waals surface area contributed by atoms with Gasteiger partial charge in [-0.2, -0.15) is 0 Å². The maximum Gasteiger partial charge on any atom is 0.338 e. The maximum absolute atomic E-state index is 12.8. The number of amides is 1. The summed E-state index contributed by atoms with van der Waals surface area (Å²) in [7, 11) is 0. The summed E-state index contributed by atoms with van der Waals surface area (Å²) < 4.78 is 16.4. The van der Waals surface area contributed by atoms with Crippen molar-refractivity contribution in [3.05, 3.63) is 95.9 Å². The van der Waals surface area contributed by atoms with E-state index in [4.69, 9.17) is 23.5 Å². The van der Waals surface area contributed by atoms with Gasteiger partial charge in [-0.05, 0) is 60.0 Å². The van der Waals surface area contributed by atoms with Crippen LogP contribution in [0.25, 0.3) is 33.9 Å². The minimum absolute atomic E-state index is 0.221. The summed E-state index contributed by atoms with van der Waals surface area (Å²) in [6.45, 7) is 0.804. The smallest absolute Gasteiger partial charge is 0.338 e. The van der Waals surface area contributed by atoms with E-state index in [-0.39, 0.29) is 18.1 Å². The molecule has 8 nitrogen and oxygen atoms in total. The number of hydrogen-bond donors (Lipinski definition) is 0. The molecule has 1 amide bonds. The molecule has 8 heteroatoms. The molecule has 0 unspecified atom stereocenters. The minimum Gasteiger partial charge on any atom is -0.463 e. The number of rotatable bonds is 5. The van der Waals surface area contributed by atoms with E-state index in [0.29, 0.717) is 47.0 Å². The molecule has 1 aliphatic heterocycles. The molecule has 0 N–H and O–H groups in total. The number of fused-ring (bicyclic) bond motifs is 2. The highest BCUT2D eigenvalue weighted by Crippen LogP contribution is 2.31. The van der Waals surface area contributed by atoms with Gasteiger partial charge in [0.2, 0.25) is 0 Å². The Labute approximate surface area is 206 Å². The van der Waals surface area contributed by atoms with Gasteiger partial charge >= 0.3 is 5.97 Å². The zero-order valence-electron chi connectivity index (χ0n) is 19.2. The second kappa shape index (κ2) is 9.14. The SMILES string of the molecule is O=C(OCC(=O)N1CCc2ccccc2C1)c1ccc2nc(-c3ccco3)c(-c3ccco3)nc2c1. The molecule has 0 fully saturated rings. The van der Waals surface area contributed by atoms with Gasteiger partial charge in [0.25, 0.3) is 5.91 Å². The van der Waals surface area contributed by atoms with Crippen molar-refractivity contribution in [2.45, 2.75) is 13.0 Å². The summed E-state index contributed by atoms with van der Waals surface area (Å²) in [5.41, 5.74) is 4.75. The number of ether oxygens (including phenoxy) is 1. The zero-order chi connectivity index (χ0) is 24.5. The molecule has 36 heavy (non-hydrogen) atoms. The summed E-state index contributed by atoms with van der Waals surface area (Å²) >= 11 is 0. The van der Waals surface area contributed by atoms with Crippen LogP contribution >= 0.6 is 0 Å². The second-order valence-corrected chi connectivity index (χ2v) is 8.49. The Morgan fingerprint density at radius 2 is 1.53 bits per heavy atom. The molecular formula is C28H21N3O5. The fraction of sp³-hybridized carbons (Fsp3) is 0.143. The standard InChI is InChI=1S/C28H21N3O5/c32-25(31-12-11-18-5-1-2-6-20(18)16-31)17-36-28(33)19-9-10-21-22(15-19)30-27(24-8-4-14-35-24)26(29-21)23-7-3-13-34-23/h1-10,13-15H,11-12,16-17H2. The lowest BCUT2D eigenvalue weighted by Gasteiger charge is -2.28. The predicted molar refractivity (Wildman–Crippen MR) is 131 cm³/mol. The Hall–Kier alpha value is -4.72. The van der Waals surface area contributed by atoms with E-state index < -0.39 is 5.97 Å². The first kappa shape index (κ1) is 21.8. The van der Waals surface area contributed by atoms with Crippen LogP contribution in [0.4, 0.5) is 0 Å². The van der Waals surface area contributed by atoms with Gasteiger partial charge in [-0.15, -0.1) is 0 Å². The number of aromatic nitrogens is 2. The number of carbonyl (C=O) groups is 2. The van der Waals surface area contributed by atoms with Gasteiger partial charge in [0.05, 0.1) is 29.1 Å². The van der Waals surface area contributed by atoms with Crippen molar-refractivity contribution < 1.29 is 23.2 Å². The quantitative estimate of drug-likeness (QED) is 0.331. The fourth-order valence-corrected chi connectivity index (χ4v) is 4.36. The molecule has 3 aromatic heterocycles. The molecule has 0 saturated heterocycles. The van der Waals surface area contributed by atoms with Gasteiger partial charge in [0.15, 0.2) is 18.1 Å². The van der Waals surface area contributed by atoms with Crippen molar-refractivity contribution in [1.82, 2.24) is 14.9 Å². The first-order valence-corrected chi connectivity index (χ1v) is 11.6. The van der Waals surface area contributed by atoms with E-state index in [9.17, 15) is 9.59 Å². The summed E-state index contributed by atoms with van der Waals surface area (Å²) in [4.78, 5) is 36.6. The van der Waals surface area contributed by atoms with Crippen LogP contribution in [0, 0.1) is 0 Å². The molecule has 178 valence electrons. The Bertz CT molecular complexity index is 1560. The van der Waals surface area contributed by atoms with Gasteiger partial charge < -0.3 is 18.5 Å². The van der Waals surface area contributed by atoms with Crippen LogP contribution < -0.4 is 0 Å². The van der Waals surface area contributed by atoms with E-state index in [2.05, 4.69) is 6.07 Å². The van der Waals surface area contributed by atoms with Gasteiger partial charge in [0, 0.05) is 13.1 Å². The van der Waals surface area contributed by atoms with Crippen molar-refractivity contribution in [3.8, 4) is 22.9 Å². The summed E-state index contributed by atoms with van der Waals surface area (Å²) in [6.07, 6.45) is 3.91. The highest BCUT2D eigenvalue weighted by atomic mass is 16.5. The van der Waals surface area contributed by atoms with E-state index in [1.165, 1.54) is 5.56 Å². The number of hydrogen-bond acceptors (Lipinski definition) is 7. The number of esters is 1. The number of carbonyl (C=O) groups excluding carboxylic acids is 2. The van der Waals surface area contributed by atoms with Crippen LogP contribution in [0.15, 0.2) is 88.1 Å². The third-order valence-corrected chi connectivity index (χ3v) is 6.22. The molecule has 0 aliphatic carbocycles.